The molecule has 1 saturated heterocycles. The van der Waals surface area contributed by atoms with E-state index in [-0.39, 0.29) is 0 Å². The zero-order valence-electron chi connectivity index (χ0n) is 13.9. The first kappa shape index (κ1) is 16.1. The number of hydrogen-bond acceptors (Lipinski definition) is 4. The van der Waals surface area contributed by atoms with Crippen molar-refractivity contribution in [2.75, 3.05) is 19.6 Å². The van der Waals surface area contributed by atoms with Gasteiger partial charge in [0, 0.05) is 19.6 Å². The fourth-order valence-electron chi connectivity index (χ4n) is 3.32. The van der Waals surface area contributed by atoms with Gasteiger partial charge in [-0.1, -0.05) is 42.5 Å². The molecule has 0 amide bonds. The average molecular weight is 313 g/mol. The first-order valence-corrected chi connectivity index (χ1v) is 8.64. The van der Waals surface area contributed by atoms with E-state index in [1.807, 2.05) is 10.9 Å². The molecule has 0 aliphatic carbocycles. The number of rotatable bonds is 6. The highest BCUT2D eigenvalue weighted by atomic mass is 15.4. The third-order valence-corrected chi connectivity index (χ3v) is 4.95. The van der Waals surface area contributed by atoms with Crippen LogP contribution in [0.4, 0.5) is 0 Å². The van der Waals surface area contributed by atoms with Crippen LogP contribution in [0.2, 0.25) is 0 Å². The predicted molar refractivity (Wildman–Crippen MR) is 92.1 cm³/mol. The van der Waals surface area contributed by atoms with Crippen molar-refractivity contribution >= 4 is 0 Å². The van der Waals surface area contributed by atoms with E-state index in [4.69, 9.17) is 5.73 Å². The summed E-state index contributed by atoms with van der Waals surface area (Å²) in [7, 11) is 0. The SMILES string of the molecule is CC(CCN1CCC(n2cc(CN)nn2)CC1)c1ccccc1. The minimum Gasteiger partial charge on any atom is -0.325 e. The Bertz CT molecular complexity index is 586. The van der Waals surface area contributed by atoms with E-state index in [1.54, 1.807) is 0 Å². The predicted octanol–water partition coefficient (Wildman–Crippen LogP) is 2.57. The normalized spacial score (nSPS) is 18.2. The summed E-state index contributed by atoms with van der Waals surface area (Å²) in [4.78, 5) is 2.58. The van der Waals surface area contributed by atoms with Gasteiger partial charge in [0.1, 0.15) is 0 Å². The molecule has 0 saturated carbocycles. The lowest BCUT2D eigenvalue weighted by atomic mass is 9.97. The molecule has 2 heterocycles. The van der Waals surface area contributed by atoms with Gasteiger partial charge in [-0.2, -0.15) is 0 Å². The lowest BCUT2D eigenvalue weighted by Gasteiger charge is -2.32. The highest BCUT2D eigenvalue weighted by Crippen LogP contribution is 2.24. The van der Waals surface area contributed by atoms with Crippen LogP contribution in [-0.4, -0.2) is 39.5 Å². The maximum atomic E-state index is 5.61. The second-order valence-corrected chi connectivity index (χ2v) is 6.57. The van der Waals surface area contributed by atoms with Gasteiger partial charge in [0.15, 0.2) is 0 Å². The largest absolute Gasteiger partial charge is 0.325 e. The minimum atomic E-state index is 0.468. The van der Waals surface area contributed by atoms with Crippen LogP contribution in [-0.2, 0) is 6.54 Å². The van der Waals surface area contributed by atoms with Crippen molar-refractivity contribution in [2.24, 2.45) is 5.73 Å². The van der Waals surface area contributed by atoms with Gasteiger partial charge in [-0.25, -0.2) is 4.68 Å². The number of piperidine rings is 1. The second kappa shape index (κ2) is 7.70. The number of nitrogens with two attached hydrogens (primary N) is 1. The van der Waals surface area contributed by atoms with Crippen molar-refractivity contribution in [3.05, 3.63) is 47.8 Å². The zero-order chi connectivity index (χ0) is 16.1. The summed E-state index contributed by atoms with van der Waals surface area (Å²) in [5, 5.41) is 8.31. The van der Waals surface area contributed by atoms with Gasteiger partial charge in [-0.15, -0.1) is 5.10 Å². The van der Waals surface area contributed by atoms with Crippen molar-refractivity contribution in [3.63, 3.8) is 0 Å². The van der Waals surface area contributed by atoms with Crippen molar-refractivity contribution in [2.45, 2.75) is 44.7 Å². The monoisotopic (exact) mass is 313 g/mol. The van der Waals surface area contributed by atoms with Gasteiger partial charge in [0.2, 0.25) is 0 Å². The standard InChI is InChI=1S/C18H27N5/c1-15(16-5-3-2-4-6-16)7-10-22-11-8-18(9-12-22)23-14-17(13-19)20-21-23/h2-6,14-15,18H,7-13,19H2,1H3. The van der Waals surface area contributed by atoms with Gasteiger partial charge in [0.05, 0.1) is 17.9 Å². The van der Waals surface area contributed by atoms with Crippen molar-refractivity contribution < 1.29 is 0 Å². The summed E-state index contributed by atoms with van der Waals surface area (Å²) >= 11 is 0. The Labute approximate surface area is 138 Å². The molecule has 2 aromatic rings. The van der Waals surface area contributed by atoms with Crippen LogP contribution < -0.4 is 5.73 Å². The Morgan fingerprint density at radius 2 is 1.96 bits per heavy atom. The highest BCUT2D eigenvalue weighted by Gasteiger charge is 2.21. The first-order valence-electron chi connectivity index (χ1n) is 8.64. The molecule has 0 spiro atoms. The van der Waals surface area contributed by atoms with Gasteiger partial charge in [0.25, 0.3) is 0 Å². The molecule has 1 aliphatic heterocycles. The molecule has 1 aromatic heterocycles. The van der Waals surface area contributed by atoms with E-state index < -0.39 is 0 Å². The van der Waals surface area contributed by atoms with Crippen LogP contribution in [0.5, 0.6) is 0 Å². The summed E-state index contributed by atoms with van der Waals surface area (Å²) in [5.41, 5.74) is 7.93. The highest BCUT2D eigenvalue weighted by molar-refractivity contribution is 5.18. The number of nitrogens with zero attached hydrogens (tertiary/aromatic N) is 4. The summed E-state index contributed by atoms with van der Waals surface area (Å²) < 4.78 is 2.01. The van der Waals surface area contributed by atoms with Crippen LogP contribution in [0.25, 0.3) is 0 Å². The number of benzene rings is 1. The molecule has 1 aliphatic rings. The molecule has 1 unspecified atom stereocenters. The van der Waals surface area contributed by atoms with Crippen molar-refractivity contribution in [1.29, 1.82) is 0 Å². The Morgan fingerprint density at radius 1 is 1.22 bits per heavy atom. The average Bonchev–Trinajstić information content (AvgIpc) is 3.10. The van der Waals surface area contributed by atoms with Crippen LogP contribution in [0.3, 0.4) is 0 Å². The summed E-state index contributed by atoms with van der Waals surface area (Å²) in [6.07, 6.45) is 5.51. The maximum absolute atomic E-state index is 5.61. The number of aromatic nitrogens is 3. The Kier molecular flexibility index (Phi) is 5.41. The smallest absolute Gasteiger partial charge is 0.0962 e. The molecule has 5 nitrogen and oxygen atoms in total. The third kappa shape index (κ3) is 4.18. The zero-order valence-corrected chi connectivity index (χ0v) is 13.9. The van der Waals surface area contributed by atoms with E-state index in [0.29, 0.717) is 18.5 Å². The van der Waals surface area contributed by atoms with Crippen LogP contribution in [0.1, 0.15) is 49.4 Å². The molecule has 23 heavy (non-hydrogen) atoms. The Balaban J connectivity index is 1.44. The molecule has 5 heteroatoms. The Morgan fingerprint density at radius 3 is 2.61 bits per heavy atom. The van der Waals surface area contributed by atoms with Crippen molar-refractivity contribution in [1.82, 2.24) is 19.9 Å². The second-order valence-electron chi connectivity index (χ2n) is 6.57. The van der Waals surface area contributed by atoms with Gasteiger partial charge in [-0.05, 0) is 37.3 Å². The molecule has 1 aromatic carbocycles. The molecule has 1 fully saturated rings. The minimum absolute atomic E-state index is 0.468. The van der Waals surface area contributed by atoms with Gasteiger partial charge in [-0.3, -0.25) is 0 Å². The number of likely N-dealkylation sites (tertiary alicyclic amines) is 1. The molecule has 2 N–H and O–H groups in total. The molecule has 0 radical (unpaired) electrons. The van der Waals surface area contributed by atoms with Crippen LogP contribution >= 0.6 is 0 Å². The van der Waals surface area contributed by atoms with E-state index in [1.165, 1.54) is 18.5 Å². The molecular weight excluding hydrogens is 286 g/mol. The maximum Gasteiger partial charge on any atom is 0.0962 e. The summed E-state index contributed by atoms with van der Waals surface area (Å²) in [6.45, 7) is 6.25. The van der Waals surface area contributed by atoms with Crippen molar-refractivity contribution in [3.8, 4) is 0 Å². The lowest BCUT2D eigenvalue weighted by Crippen LogP contribution is -2.35. The summed E-state index contributed by atoms with van der Waals surface area (Å²) in [6, 6.07) is 11.3. The van der Waals surface area contributed by atoms with Crippen LogP contribution in [0.15, 0.2) is 36.5 Å². The molecule has 0 bridgehead atoms. The molecular formula is C18H27N5. The summed E-state index contributed by atoms with van der Waals surface area (Å²) in [5.74, 6) is 0.622. The van der Waals surface area contributed by atoms with E-state index in [2.05, 4.69) is 52.5 Å². The topological polar surface area (TPSA) is 60.0 Å². The lowest BCUT2D eigenvalue weighted by molar-refractivity contribution is 0.174. The van der Waals surface area contributed by atoms with E-state index in [0.717, 1.165) is 31.6 Å². The number of hydrogen-bond donors (Lipinski definition) is 1. The Hall–Kier alpha value is -1.72. The van der Waals surface area contributed by atoms with E-state index in [9.17, 15) is 0 Å². The fraction of sp³-hybridized carbons (Fsp3) is 0.556. The molecule has 1 atom stereocenters. The van der Waals surface area contributed by atoms with Gasteiger partial charge < -0.3 is 10.6 Å². The quantitative estimate of drug-likeness (QED) is 0.890. The first-order chi connectivity index (χ1) is 11.3. The third-order valence-electron chi connectivity index (χ3n) is 4.95. The fourth-order valence-corrected chi connectivity index (χ4v) is 3.32. The van der Waals surface area contributed by atoms with E-state index >= 15 is 0 Å². The molecule has 3 rings (SSSR count). The molecule has 124 valence electrons. The van der Waals surface area contributed by atoms with Gasteiger partial charge >= 0.3 is 0 Å². The van der Waals surface area contributed by atoms with Crippen LogP contribution in [0, 0.1) is 0 Å².